The first-order valence-electron chi connectivity index (χ1n) is 8.72. The van der Waals surface area contributed by atoms with Crippen LogP contribution in [0.5, 0.6) is 5.75 Å². The maximum atomic E-state index is 12.8. The maximum absolute atomic E-state index is 12.8. The van der Waals surface area contributed by atoms with E-state index in [0.717, 1.165) is 5.56 Å². The predicted octanol–water partition coefficient (Wildman–Crippen LogP) is 4.22. The summed E-state index contributed by atoms with van der Waals surface area (Å²) in [5.41, 5.74) is 1.71. The number of hydrogen-bond acceptors (Lipinski definition) is 5. The Morgan fingerprint density at radius 3 is 2.41 bits per heavy atom. The van der Waals surface area contributed by atoms with E-state index in [2.05, 4.69) is 20.6 Å². The monoisotopic (exact) mass is 362 g/mol. The molecule has 0 atom stereocenters. The number of nitrogens with one attached hydrogen (secondary N) is 2. The van der Waals surface area contributed by atoms with E-state index in [0.29, 0.717) is 23.1 Å². The highest BCUT2D eigenvalue weighted by atomic mass is 16.5. The number of carbonyl (C=O) groups excluding carboxylic acids is 1. The van der Waals surface area contributed by atoms with Gasteiger partial charge in [0.1, 0.15) is 17.3 Å². The number of carbonyl (C=O) groups is 1. The van der Waals surface area contributed by atoms with Crippen LogP contribution in [0.4, 0.5) is 11.5 Å². The molecule has 0 radical (unpaired) electrons. The molecule has 0 aliphatic carbocycles. The second-order valence-electron chi connectivity index (χ2n) is 6.28. The fourth-order valence-electron chi connectivity index (χ4n) is 2.58. The minimum absolute atomic E-state index is 0.175. The van der Waals surface area contributed by atoms with E-state index in [1.54, 1.807) is 25.3 Å². The highest BCUT2D eigenvalue weighted by Crippen LogP contribution is 2.24. The molecule has 0 saturated heterocycles. The van der Waals surface area contributed by atoms with Gasteiger partial charge in [0.05, 0.1) is 12.8 Å². The lowest BCUT2D eigenvalue weighted by Crippen LogP contribution is -2.17. The number of methoxy groups -OCH3 is 1. The Labute approximate surface area is 158 Å². The van der Waals surface area contributed by atoms with Crippen molar-refractivity contribution in [1.82, 2.24) is 9.97 Å². The predicted molar refractivity (Wildman–Crippen MR) is 107 cm³/mol. The molecule has 3 aromatic rings. The minimum Gasteiger partial charge on any atom is -0.495 e. The highest BCUT2D eigenvalue weighted by Gasteiger charge is 2.15. The van der Waals surface area contributed by atoms with E-state index in [1.165, 1.54) is 0 Å². The average molecular weight is 362 g/mol. The highest BCUT2D eigenvalue weighted by molar-refractivity contribution is 6.04. The summed E-state index contributed by atoms with van der Waals surface area (Å²) >= 11 is 0. The van der Waals surface area contributed by atoms with Gasteiger partial charge in [-0.3, -0.25) is 4.79 Å². The van der Waals surface area contributed by atoms with Crippen LogP contribution in [0.15, 0.2) is 60.7 Å². The lowest BCUT2D eigenvalue weighted by molar-refractivity contribution is 0.102. The number of amides is 1. The van der Waals surface area contributed by atoms with E-state index >= 15 is 0 Å². The Bertz CT molecular complexity index is 926. The number of anilines is 2. The van der Waals surface area contributed by atoms with Crippen LogP contribution >= 0.6 is 0 Å². The molecule has 138 valence electrons. The SMILES string of the molecule is COc1ccccc1NC(=O)c1cc(NC(C)C)nc(-c2ccccc2)n1. The molecule has 0 fully saturated rings. The van der Waals surface area contributed by atoms with E-state index in [4.69, 9.17) is 4.74 Å². The normalized spacial score (nSPS) is 10.5. The van der Waals surface area contributed by atoms with Gasteiger partial charge in [-0.1, -0.05) is 42.5 Å². The summed E-state index contributed by atoms with van der Waals surface area (Å²) in [6.45, 7) is 4.03. The average Bonchev–Trinajstić information content (AvgIpc) is 2.68. The van der Waals surface area contributed by atoms with Gasteiger partial charge in [-0.15, -0.1) is 0 Å². The van der Waals surface area contributed by atoms with Crippen molar-refractivity contribution in [3.05, 3.63) is 66.4 Å². The van der Waals surface area contributed by atoms with Crippen LogP contribution in [-0.2, 0) is 0 Å². The van der Waals surface area contributed by atoms with Crippen molar-refractivity contribution in [2.75, 3.05) is 17.7 Å². The standard InChI is InChI=1S/C21H22N4O2/c1-14(2)22-19-13-17(23-20(25-19)15-9-5-4-6-10-15)21(26)24-16-11-7-8-12-18(16)27-3/h4-14H,1-3H3,(H,24,26)(H,22,23,25). The second kappa shape index (κ2) is 8.31. The number of para-hydroxylation sites is 2. The van der Waals surface area contributed by atoms with Gasteiger partial charge in [0, 0.05) is 17.7 Å². The first kappa shape index (κ1) is 18.4. The van der Waals surface area contributed by atoms with Crippen LogP contribution in [0.25, 0.3) is 11.4 Å². The Hall–Kier alpha value is -3.41. The smallest absolute Gasteiger partial charge is 0.274 e. The molecule has 0 bridgehead atoms. The fraction of sp³-hybridized carbons (Fsp3) is 0.190. The van der Waals surface area contributed by atoms with Crippen molar-refractivity contribution in [2.24, 2.45) is 0 Å². The molecule has 1 amide bonds. The molecule has 0 aliphatic rings. The van der Waals surface area contributed by atoms with Crippen molar-refractivity contribution in [3.8, 4) is 17.1 Å². The van der Waals surface area contributed by atoms with Crippen molar-refractivity contribution < 1.29 is 9.53 Å². The molecule has 6 nitrogen and oxygen atoms in total. The van der Waals surface area contributed by atoms with Crippen molar-refractivity contribution in [3.63, 3.8) is 0 Å². The van der Waals surface area contributed by atoms with Gasteiger partial charge in [0.2, 0.25) is 0 Å². The zero-order valence-electron chi connectivity index (χ0n) is 15.6. The van der Waals surface area contributed by atoms with Gasteiger partial charge < -0.3 is 15.4 Å². The zero-order chi connectivity index (χ0) is 19.2. The summed E-state index contributed by atoms with van der Waals surface area (Å²) in [7, 11) is 1.56. The molecule has 1 aromatic heterocycles. The van der Waals surface area contributed by atoms with Gasteiger partial charge >= 0.3 is 0 Å². The number of rotatable bonds is 6. The Kier molecular flexibility index (Phi) is 5.66. The third kappa shape index (κ3) is 4.61. The topological polar surface area (TPSA) is 76.1 Å². The van der Waals surface area contributed by atoms with Gasteiger partial charge in [-0.25, -0.2) is 9.97 Å². The first-order chi connectivity index (χ1) is 13.1. The van der Waals surface area contributed by atoms with Crippen molar-refractivity contribution in [2.45, 2.75) is 19.9 Å². The van der Waals surface area contributed by atoms with E-state index < -0.39 is 0 Å². The van der Waals surface area contributed by atoms with E-state index in [1.807, 2.05) is 56.3 Å². The maximum Gasteiger partial charge on any atom is 0.274 e. The van der Waals surface area contributed by atoms with Gasteiger partial charge in [0.15, 0.2) is 5.82 Å². The van der Waals surface area contributed by atoms with Crippen LogP contribution in [0.2, 0.25) is 0 Å². The molecule has 2 N–H and O–H groups in total. The van der Waals surface area contributed by atoms with Gasteiger partial charge in [0.25, 0.3) is 5.91 Å². The summed E-state index contributed by atoms with van der Waals surface area (Å²) in [6, 6.07) is 18.6. The summed E-state index contributed by atoms with van der Waals surface area (Å²) in [5, 5.41) is 6.10. The number of hydrogen-bond donors (Lipinski definition) is 2. The third-order valence-corrected chi connectivity index (χ3v) is 3.78. The number of nitrogens with zero attached hydrogens (tertiary/aromatic N) is 2. The quantitative estimate of drug-likeness (QED) is 0.686. The van der Waals surface area contributed by atoms with Crippen LogP contribution in [0.1, 0.15) is 24.3 Å². The van der Waals surface area contributed by atoms with Crippen molar-refractivity contribution >= 4 is 17.4 Å². The largest absolute Gasteiger partial charge is 0.495 e. The van der Waals surface area contributed by atoms with Gasteiger partial charge in [-0.05, 0) is 26.0 Å². The summed E-state index contributed by atoms with van der Waals surface area (Å²) < 4.78 is 5.29. The summed E-state index contributed by atoms with van der Waals surface area (Å²) in [4.78, 5) is 21.8. The van der Waals surface area contributed by atoms with Crippen LogP contribution in [0.3, 0.4) is 0 Å². The molecule has 0 aliphatic heterocycles. The Morgan fingerprint density at radius 2 is 1.70 bits per heavy atom. The van der Waals surface area contributed by atoms with Gasteiger partial charge in [-0.2, -0.15) is 0 Å². The molecule has 27 heavy (non-hydrogen) atoms. The Balaban J connectivity index is 1.96. The molecule has 0 spiro atoms. The molecule has 2 aromatic carbocycles. The molecule has 1 heterocycles. The molecule has 0 saturated carbocycles. The van der Waals surface area contributed by atoms with Crippen LogP contribution < -0.4 is 15.4 Å². The number of ether oxygens (including phenoxy) is 1. The summed E-state index contributed by atoms with van der Waals surface area (Å²) in [5.74, 6) is 1.35. The third-order valence-electron chi connectivity index (χ3n) is 3.78. The molecular weight excluding hydrogens is 340 g/mol. The van der Waals surface area contributed by atoms with Crippen LogP contribution in [-0.4, -0.2) is 29.0 Å². The minimum atomic E-state index is -0.328. The lowest BCUT2D eigenvalue weighted by Gasteiger charge is -2.13. The zero-order valence-corrected chi connectivity index (χ0v) is 15.6. The molecule has 6 heteroatoms. The fourth-order valence-corrected chi connectivity index (χ4v) is 2.58. The first-order valence-corrected chi connectivity index (χ1v) is 8.72. The number of aromatic nitrogens is 2. The van der Waals surface area contributed by atoms with E-state index in [-0.39, 0.29) is 17.6 Å². The molecule has 0 unspecified atom stereocenters. The Morgan fingerprint density at radius 1 is 1.00 bits per heavy atom. The molecule has 3 rings (SSSR count). The second-order valence-corrected chi connectivity index (χ2v) is 6.28. The lowest BCUT2D eigenvalue weighted by atomic mass is 10.2. The summed E-state index contributed by atoms with van der Waals surface area (Å²) in [6.07, 6.45) is 0. The van der Waals surface area contributed by atoms with Crippen molar-refractivity contribution in [1.29, 1.82) is 0 Å². The molecular formula is C21H22N4O2. The van der Waals surface area contributed by atoms with E-state index in [9.17, 15) is 4.79 Å². The number of benzene rings is 2. The van der Waals surface area contributed by atoms with Crippen LogP contribution in [0, 0.1) is 0 Å².